The Morgan fingerprint density at radius 1 is 1.37 bits per heavy atom. The Bertz CT molecular complexity index is 507. The molecule has 0 bridgehead atoms. The third kappa shape index (κ3) is 2.03. The summed E-state index contributed by atoms with van der Waals surface area (Å²) < 4.78 is 7.02. The second-order valence-electron chi connectivity index (χ2n) is 5.45. The first-order valence-electron chi connectivity index (χ1n) is 7.05. The van der Waals surface area contributed by atoms with Gasteiger partial charge in [-0.3, -0.25) is 0 Å². The molecule has 1 atom stereocenters. The molecule has 1 saturated heterocycles. The van der Waals surface area contributed by atoms with E-state index in [2.05, 4.69) is 65.0 Å². The van der Waals surface area contributed by atoms with E-state index < -0.39 is 0 Å². The van der Waals surface area contributed by atoms with Crippen LogP contribution in [0.5, 0.6) is 0 Å². The average Bonchev–Trinajstić information content (AvgIpc) is 2.46. The molecular weight excluding hydrogens is 302 g/mol. The highest BCUT2D eigenvalue weighted by molar-refractivity contribution is 9.10. The number of fused-ring (bicyclic) bond motifs is 3. The van der Waals surface area contributed by atoms with Crippen LogP contribution in [0.15, 0.2) is 28.7 Å². The maximum atomic E-state index is 5.88. The lowest BCUT2D eigenvalue weighted by Gasteiger charge is -2.53. The summed E-state index contributed by atoms with van der Waals surface area (Å²) in [6.07, 6.45) is 6.74. The van der Waals surface area contributed by atoms with E-state index >= 15 is 0 Å². The normalized spacial score (nSPS) is 23.9. The van der Waals surface area contributed by atoms with Gasteiger partial charge in [0.25, 0.3) is 0 Å². The van der Waals surface area contributed by atoms with Crippen LogP contribution in [0, 0.1) is 0 Å². The third-order valence-corrected chi connectivity index (χ3v) is 5.06. The van der Waals surface area contributed by atoms with Crippen molar-refractivity contribution in [3.63, 3.8) is 0 Å². The number of halogens is 1. The van der Waals surface area contributed by atoms with Gasteiger partial charge >= 0.3 is 0 Å². The molecule has 1 aromatic carbocycles. The molecule has 2 aliphatic rings. The zero-order valence-electron chi connectivity index (χ0n) is 11.5. The lowest BCUT2D eigenvalue weighted by Crippen LogP contribution is -2.61. The lowest BCUT2D eigenvalue weighted by molar-refractivity contribution is 0.0302. The van der Waals surface area contributed by atoms with Gasteiger partial charge in [0, 0.05) is 10.2 Å². The smallest absolute Gasteiger partial charge is 0.0717 e. The van der Waals surface area contributed by atoms with Crippen LogP contribution in [0.4, 0.5) is 5.69 Å². The fourth-order valence-corrected chi connectivity index (χ4v) is 3.67. The van der Waals surface area contributed by atoms with E-state index in [1.165, 1.54) is 11.3 Å². The Kier molecular flexibility index (Phi) is 3.44. The molecule has 0 amide bonds. The third-order valence-electron chi connectivity index (χ3n) is 4.57. The molecule has 102 valence electrons. The van der Waals surface area contributed by atoms with Crippen molar-refractivity contribution in [2.24, 2.45) is 0 Å². The van der Waals surface area contributed by atoms with E-state index in [0.717, 1.165) is 30.5 Å². The Hall–Kier alpha value is -0.800. The van der Waals surface area contributed by atoms with Gasteiger partial charge in [-0.25, -0.2) is 0 Å². The van der Waals surface area contributed by atoms with Gasteiger partial charge in [-0.05, 0) is 30.5 Å². The molecule has 0 aromatic heterocycles. The van der Waals surface area contributed by atoms with E-state index in [1.54, 1.807) is 0 Å². The van der Waals surface area contributed by atoms with Crippen molar-refractivity contribution in [3.05, 3.63) is 34.3 Å². The summed E-state index contributed by atoms with van der Waals surface area (Å²) in [4.78, 5) is 2.59. The summed E-state index contributed by atoms with van der Waals surface area (Å²) in [6.45, 7) is 6.16. The van der Waals surface area contributed by atoms with Crippen molar-refractivity contribution in [1.29, 1.82) is 0 Å². The van der Waals surface area contributed by atoms with E-state index in [4.69, 9.17) is 4.74 Å². The predicted octanol–water partition coefficient (Wildman–Crippen LogP) is 4.24. The Morgan fingerprint density at radius 2 is 2.16 bits per heavy atom. The molecule has 0 N–H and O–H groups in total. The number of morpholine rings is 1. The van der Waals surface area contributed by atoms with Crippen molar-refractivity contribution in [3.8, 4) is 0 Å². The molecule has 2 aliphatic heterocycles. The summed E-state index contributed by atoms with van der Waals surface area (Å²) in [5.74, 6) is 0. The van der Waals surface area contributed by atoms with Gasteiger partial charge in [0.2, 0.25) is 0 Å². The topological polar surface area (TPSA) is 12.5 Å². The van der Waals surface area contributed by atoms with E-state index in [0.29, 0.717) is 6.04 Å². The largest absolute Gasteiger partial charge is 0.377 e. The molecule has 3 rings (SSSR count). The minimum absolute atomic E-state index is 0.128. The summed E-state index contributed by atoms with van der Waals surface area (Å²) in [5, 5.41) is 0. The molecular formula is C16H20BrNO. The first-order valence-corrected chi connectivity index (χ1v) is 7.84. The standard InChI is InChI=1S/C16H20BrNO/c1-3-16(4-2)11-19-10-14-8-6-12-5-7-13(17)9-15(12)18(14)16/h5-9,14H,3-4,10-11H2,1-2H3. The van der Waals surface area contributed by atoms with Gasteiger partial charge < -0.3 is 9.64 Å². The molecule has 2 heterocycles. The summed E-state index contributed by atoms with van der Waals surface area (Å²) in [7, 11) is 0. The number of hydrogen-bond acceptors (Lipinski definition) is 2. The van der Waals surface area contributed by atoms with Crippen LogP contribution in [-0.2, 0) is 4.74 Å². The Morgan fingerprint density at radius 3 is 2.89 bits per heavy atom. The lowest BCUT2D eigenvalue weighted by atomic mass is 9.85. The van der Waals surface area contributed by atoms with E-state index in [1.807, 2.05) is 0 Å². The SMILES string of the molecule is CCC1(CC)COCC2C=Cc3ccc(Br)cc3N21. The van der Waals surface area contributed by atoms with Crippen molar-refractivity contribution in [1.82, 2.24) is 0 Å². The van der Waals surface area contributed by atoms with Crippen LogP contribution < -0.4 is 4.90 Å². The molecule has 19 heavy (non-hydrogen) atoms. The first kappa shape index (κ1) is 13.2. The zero-order valence-corrected chi connectivity index (χ0v) is 13.1. The monoisotopic (exact) mass is 321 g/mol. The second-order valence-corrected chi connectivity index (χ2v) is 6.36. The minimum Gasteiger partial charge on any atom is -0.377 e. The van der Waals surface area contributed by atoms with E-state index in [9.17, 15) is 0 Å². The molecule has 1 aromatic rings. The number of benzene rings is 1. The molecule has 0 spiro atoms. The molecule has 2 nitrogen and oxygen atoms in total. The van der Waals surface area contributed by atoms with E-state index in [-0.39, 0.29) is 5.54 Å². The van der Waals surface area contributed by atoms with Crippen LogP contribution in [-0.4, -0.2) is 24.8 Å². The maximum absolute atomic E-state index is 5.88. The predicted molar refractivity (Wildman–Crippen MR) is 83.6 cm³/mol. The number of rotatable bonds is 2. The van der Waals surface area contributed by atoms with Gasteiger partial charge in [-0.1, -0.05) is 48.0 Å². The van der Waals surface area contributed by atoms with Crippen LogP contribution in [0.2, 0.25) is 0 Å². The molecule has 1 fully saturated rings. The highest BCUT2D eigenvalue weighted by Gasteiger charge is 2.42. The number of anilines is 1. The van der Waals surface area contributed by atoms with Gasteiger partial charge in [0.15, 0.2) is 0 Å². The highest BCUT2D eigenvalue weighted by Crippen LogP contribution is 2.41. The summed E-state index contributed by atoms with van der Waals surface area (Å²) in [6, 6.07) is 6.92. The molecule has 0 saturated carbocycles. The van der Waals surface area contributed by atoms with Gasteiger partial charge in [0.05, 0.1) is 24.8 Å². The van der Waals surface area contributed by atoms with Crippen molar-refractivity contribution in [2.75, 3.05) is 18.1 Å². The Balaban J connectivity index is 2.13. The molecule has 3 heteroatoms. The van der Waals surface area contributed by atoms with Crippen molar-refractivity contribution >= 4 is 27.7 Å². The van der Waals surface area contributed by atoms with Crippen LogP contribution in [0.3, 0.4) is 0 Å². The average molecular weight is 322 g/mol. The quantitative estimate of drug-likeness (QED) is 0.807. The fourth-order valence-electron chi connectivity index (χ4n) is 3.32. The Labute approximate surface area is 123 Å². The minimum atomic E-state index is 0.128. The number of ether oxygens (including phenoxy) is 1. The second kappa shape index (κ2) is 4.95. The molecule has 1 unspecified atom stereocenters. The first-order chi connectivity index (χ1) is 9.20. The summed E-state index contributed by atoms with van der Waals surface area (Å²) in [5.41, 5.74) is 2.78. The van der Waals surface area contributed by atoms with Gasteiger partial charge in [0.1, 0.15) is 0 Å². The number of hydrogen-bond donors (Lipinski definition) is 0. The van der Waals surface area contributed by atoms with Crippen LogP contribution in [0.1, 0.15) is 32.3 Å². The zero-order chi connectivity index (χ0) is 13.5. The number of nitrogens with zero attached hydrogens (tertiary/aromatic N) is 1. The molecule has 0 radical (unpaired) electrons. The van der Waals surface area contributed by atoms with Crippen molar-refractivity contribution in [2.45, 2.75) is 38.3 Å². The maximum Gasteiger partial charge on any atom is 0.0717 e. The van der Waals surface area contributed by atoms with Crippen LogP contribution >= 0.6 is 15.9 Å². The summed E-state index contributed by atoms with van der Waals surface area (Å²) >= 11 is 3.61. The molecule has 0 aliphatic carbocycles. The van der Waals surface area contributed by atoms with Crippen LogP contribution in [0.25, 0.3) is 6.08 Å². The van der Waals surface area contributed by atoms with Gasteiger partial charge in [-0.15, -0.1) is 0 Å². The van der Waals surface area contributed by atoms with Crippen molar-refractivity contribution < 1.29 is 4.74 Å². The van der Waals surface area contributed by atoms with Gasteiger partial charge in [-0.2, -0.15) is 0 Å². The highest BCUT2D eigenvalue weighted by atomic mass is 79.9. The fraction of sp³-hybridized carbons (Fsp3) is 0.500.